The van der Waals surface area contributed by atoms with E-state index in [0.717, 1.165) is 45.4 Å². The van der Waals surface area contributed by atoms with Crippen LogP contribution in [0, 0.1) is 11.3 Å². The third-order valence-electron chi connectivity index (χ3n) is 6.77. The number of likely N-dealkylation sites (tertiary alicyclic amines) is 2. The van der Waals surface area contributed by atoms with Gasteiger partial charge < -0.3 is 14.2 Å². The van der Waals surface area contributed by atoms with Crippen LogP contribution in [0.2, 0.25) is 0 Å². The molecule has 1 saturated carbocycles. The Labute approximate surface area is 154 Å². The Morgan fingerprint density at radius 2 is 1.88 bits per heavy atom. The number of rotatable bonds is 4. The van der Waals surface area contributed by atoms with Gasteiger partial charge in [-0.3, -0.25) is 9.59 Å². The molecule has 1 aromatic rings. The number of aromatic nitrogens is 1. The van der Waals surface area contributed by atoms with Gasteiger partial charge in [0.15, 0.2) is 12.1 Å². The van der Waals surface area contributed by atoms with Crippen LogP contribution in [0.15, 0.2) is 17.1 Å². The number of oxazole rings is 1. The van der Waals surface area contributed by atoms with Gasteiger partial charge in [0.05, 0.1) is 0 Å². The lowest BCUT2D eigenvalue weighted by Gasteiger charge is -2.38. The maximum atomic E-state index is 12.8. The smallest absolute Gasteiger partial charge is 0.275 e. The summed E-state index contributed by atoms with van der Waals surface area (Å²) in [6.07, 6.45) is 12.7. The van der Waals surface area contributed by atoms with Gasteiger partial charge in [-0.2, -0.15) is 0 Å². The lowest BCUT2D eigenvalue weighted by molar-refractivity contribution is -0.130. The second kappa shape index (κ2) is 7.41. The largest absolute Gasteiger partial charge is 0.451 e. The Balaban J connectivity index is 1.44. The van der Waals surface area contributed by atoms with Gasteiger partial charge >= 0.3 is 0 Å². The first-order valence-electron chi connectivity index (χ1n) is 10.1. The molecule has 6 heteroatoms. The highest BCUT2D eigenvalue weighted by Crippen LogP contribution is 2.49. The van der Waals surface area contributed by atoms with Crippen LogP contribution < -0.4 is 0 Å². The van der Waals surface area contributed by atoms with E-state index in [-0.39, 0.29) is 11.3 Å². The minimum absolute atomic E-state index is 0.0305. The Morgan fingerprint density at radius 3 is 2.58 bits per heavy atom. The summed E-state index contributed by atoms with van der Waals surface area (Å²) in [6, 6.07) is 0. The molecule has 2 saturated heterocycles. The molecule has 1 spiro atoms. The summed E-state index contributed by atoms with van der Waals surface area (Å²) in [5.41, 5.74) is 0.591. The van der Waals surface area contributed by atoms with E-state index >= 15 is 0 Å². The van der Waals surface area contributed by atoms with Crippen molar-refractivity contribution in [1.82, 2.24) is 14.8 Å². The number of carbonyl (C=O) groups is 2. The number of hydrogen-bond acceptors (Lipinski definition) is 4. The first kappa shape index (κ1) is 17.6. The molecule has 4 rings (SSSR count). The van der Waals surface area contributed by atoms with Crippen LogP contribution in [0.25, 0.3) is 0 Å². The first-order valence-corrected chi connectivity index (χ1v) is 10.1. The van der Waals surface area contributed by atoms with Gasteiger partial charge in [0.1, 0.15) is 6.26 Å². The minimum atomic E-state index is -0.0305. The molecule has 3 heterocycles. The van der Waals surface area contributed by atoms with Crippen LogP contribution in [-0.2, 0) is 4.79 Å². The molecule has 1 aromatic heterocycles. The zero-order chi connectivity index (χ0) is 18.0. The zero-order valence-corrected chi connectivity index (χ0v) is 15.5. The summed E-state index contributed by atoms with van der Waals surface area (Å²) in [6.45, 7) is 3.40. The van der Waals surface area contributed by atoms with Crippen LogP contribution in [-0.4, -0.2) is 52.8 Å². The van der Waals surface area contributed by atoms with E-state index in [0.29, 0.717) is 23.9 Å². The van der Waals surface area contributed by atoms with Gasteiger partial charge in [-0.25, -0.2) is 4.98 Å². The van der Waals surface area contributed by atoms with Crippen molar-refractivity contribution >= 4 is 11.8 Å². The number of hydrogen-bond donors (Lipinski definition) is 0. The van der Waals surface area contributed by atoms with E-state index in [1.54, 1.807) is 0 Å². The Hall–Kier alpha value is -1.85. The fourth-order valence-electron chi connectivity index (χ4n) is 5.31. The highest BCUT2D eigenvalue weighted by Gasteiger charge is 2.48. The Morgan fingerprint density at radius 1 is 1.12 bits per heavy atom. The van der Waals surface area contributed by atoms with E-state index < -0.39 is 0 Å². The third kappa shape index (κ3) is 3.38. The molecule has 2 amide bonds. The predicted octanol–water partition coefficient (Wildman–Crippen LogP) is 3.10. The van der Waals surface area contributed by atoms with Gasteiger partial charge in [0.25, 0.3) is 5.91 Å². The van der Waals surface area contributed by atoms with Crippen LogP contribution in [0.1, 0.15) is 68.3 Å². The van der Waals surface area contributed by atoms with Gasteiger partial charge in [0.2, 0.25) is 5.91 Å². The lowest BCUT2D eigenvalue weighted by Crippen LogP contribution is -2.35. The molecule has 26 heavy (non-hydrogen) atoms. The second-order valence-corrected chi connectivity index (χ2v) is 8.31. The van der Waals surface area contributed by atoms with Gasteiger partial charge in [-0.05, 0) is 43.4 Å². The van der Waals surface area contributed by atoms with Crippen LogP contribution in [0.5, 0.6) is 0 Å². The molecule has 142 valence electrons. The molecule has 1 atom stereocenters. The second-order valence-electron chi connectivity index (χ2n) is 8.31. The van der Waals surface area contributed by atoms with Crippen molar-refractivity contribution in [1.29, 1.82) is 0 Å². The molecule has 6 nitrogen and oxygen atoms in total. The average molecular weight is 359 g/mol. The molecule has 0 aromatic carbocycles. The molecule has 1 unspecified atom stereocenters. The molecule has 0 N–H and O–H groups in total. The zero-order valence-electron chi connectivity index (χ0n) is 15.5. The number of amides is 2. The van der Waals surface area contributed by atoms with E-state index in [1.807, 2.05) is 9.80 Å². The maximum Gasteiger partial charge on any atom is 0.275 e. The third-order valence-corrected chi connectivity index (χ3v) is 6.77. The quantitative estimate of drug-likeness (QED) is 0.828. The van der Waals surface area contributed by atoms with Gasteiger partial charge in [-0.1, -0.05) is 19.3 Å². The molecule has 0 radical (unpaired) electrons. The van der Waals surface area contributed by atoms with Crippen molar-refractivity contribution in [2.24, 2.45) is 11.3 Å². The van der Waals surface area contributed by atoms with Crippen LogP contribution in [0.4, 0.5) is 0 Å². The Bertz CT molecular complexity index is 631. The summed E-state index contributed by atoms with van der Waals surface area (Å²) < 4.78 is 4.99. The van der Waals surface area contributed by atoms with E-state index in [9.17, 15) is 9.59 Å². The SMILES string of the molecule is O=C(CCC1CN(C(=O)c2cocn2)CC12CCCCC2)N1CCCC1. The van der Waals surface area contributed by atoms with Gasteiger partial charge in [-0.15, -0.1) is 0 Å². The molecular formula is C20H29N3O3. The fraction of sp³-hybridized carbons (Fsp3) is 0.750. The maximum absolute atomic E-state index is 12.8. The van der Waals surface area contributed by atoms with Crippen molar-refractivity contribution in [3.8, 4) is 0 Å². The fourth-order valence-corrected chi connectivity index (χ4v) is 5.31. The summed E-state index contributed by atoms with van der Waals surface area (Å²) >= 11 is 0. The number of carbonyl (C=O) groups excluding carboxylic acids is 2. The normalized spacial score (nSPS) is 25.2. The van der Waals surface area contributed by atoms with E-state index in [1.165, 1.54) is 44.8 Å². The van der Waals surface area contributed by atoms with Gasteiger partial charge in [0, 0.05) is 32.6 Å². The minimum Gasteiger partial charge on any atom is -0.451 e. The predicted molar refractivity (Wildman–Crippen MR) is 96.5 cm³/mol. The van der Waals surface area contributed by atoms with Crippen LogP contribution >= 0.6 is 0 Å². The highest BCUT2D eigenvalue weighted by atomic mass is 16.3. The summed E-state index contributed by atoms with van der Waals surface area (Å²) in [5.74, 6) is 0.692. The summed E-state index contributed by atoms with van der Waals surface area (Å²) in [7, 11) is 0. The Kier molecular flexibility index (Phi) is 5.00. The molecule has 2 aliphatic heterocycles. The van der Waals surface area contributed by atoms with Crippen molar-refractivity contribution in [3.05, 3.63) is 18.4 Å². The van der Waals surface area contributed by atoms with E-state index in [2.05, 4.69) is 4.98 Å². The van der Waals surface area contributed by atoms with Crippen molar-refractivity contribution < 1.29 is 14.0 Å². The number of nitrogens with zero attached hydrogens (tertiary/aromatic N) is 3. The molecular weight excluding hydrogens is 330 g/mol. The summed E-state index contributed by atoms with van der Waals surface area (Å²) in [5, 5.41) is 0. The lowest BCUT2D eigenvalue weighted by atomic mass is 9.66. The summed E-state index contributed by atoms with van der Waals surface area (Å²) in [4.78, 5) is 33.2. The molecule has 3 aliphatic rings. The van der Waals surface area contributed by atoms with Crippen molar-refractivity contribution in [2.75, 3.05) is 26.2 Å². The standard InChI is InChI=1S/C20H29N3O3/c24-18(22-10-4-5-11-22)7-6-16-12-23(19(25)17-13-26-15-21-17)14-20(16)8-2-1-3-9-20/h13,15-16H,1-12,14H2. The molecule has 0 bridgehead atoms. The monoisotopic (exact) mass is 359 g/mol. The topological polar surface area (TPSA) is 66.7 Å². The van der Waals surface area contributed by atoms with E-state index in [4.69, 9.17) is 4.42 Å². The van der Waals surface area contributed by atoms with Crippen LogP contribution in [0.3, 0.4) is 0 Å². The molecule has 3 fully saturated rings. The van der Waals surface area contributed by atoms with Crippen molar-refractivity contribution in [2.45, 2.75) is 57.8 Å². The highest BCUT2D eigenvalue weighted by molar-refractivity contribution is 5.92. The molecule has 1 aliphatic carbocycles. The average Bonchev–Trinajstić information content (AvgIpc) is 3.41. The van der Waals surface area contributed by atoms with Crippen molar-refractivity contribution in [3.63, 3.8) is 0 Å². The first-order chi connectivity index (χ1) is 12.7.